The molecule has 1 saturated heterocycles. The highest BCUT2D eigenvalue weighted by Crippen LogP contribution is 2.30. The van der Waals surface area contributed by atoms with Crippen molar-refractivity contribution < 1.29 is 14.6 Å². The SMILES string of the molecule is O=C(CCNCc1cc(Cl)cc(Cl)c1O)N1CCOCC1. The molecule has 1 amide bonds. The first kappa shape index (κ1) is 16.4. The third-order valence-electron chi connectivity index (χ3n) is 3.30. The zero-order chi connectivity index (χ0) is 15.2. The van der Waals surface area contributed by atoms with Gasteiger partial charge in [-0.3, -0.25) is 4.79 Å². The fraction of sp³-hybridized carbons (Fsp3) is 0.500. The number of rotatable bonds is 5. The molecule has 1 aliphatic heterocycles. The van der Waals surface area contributed by atoms with E-state index < -0.39 is 0 Å². The van der Waals surface area contributed by atoms with E-state index in [4.69, 9.17) is 27.9 Å². The van der Waals surface area contributed by atoms with Gasteiger partial charge in [-0.05, 0) is 12.1 Å². The Labute approximate surface area is 133 Å². The highest BCUT2D eigenvalue weighted by molar-refractivity contribution is 6.35. The number of hydrogen-bond acceptors (Lipinski definition) is 4. The van der Waals surface area contributed by atoms with Crippen LogP contribution in [-0.4, -0.2) is 48.8 Å². The summed E-state index contributed by atoms with van der Waals surface area (Å²) in [6.07, 6.45) is 0.412. The minimum absolute atomic E-state index is 0.0214. The predicted molar refractivity (Wildman–Crippen MR) is 81.8 cm³/mol. The number of ether oxygens (including phenoxy) is 1. The van der Waals surface area contributed by atoms with E-state index in [-0.39, 0.29) is 16.7 Å². The number of nitrogens with one attached hydrogen (secondary N) is 1. The maximum absolute atomic E-state index is 11.9. The lowest BCUT2D eigenvalue weighted by atomic mass is 10.2. The van der Waals surface area contributed by atoms with E-state index in [9.17, 15) is 9.90 Å². The zero-order valence-electron chi connectivity index (χ0n) is 11.6. The van der Waals surface area contributed by atoms with Gasteiger partial charge in [-0.25, -0.2) is 0 Å². The Kier molecular flexibility index (Phi) is 6.11. The van der Waals surface area contributed by atoms with E-state index in [1.54, 1.807) is 11.0 Å². The standard InChI is InChI=1S/C14H18Cl2N2O3/c15-11-7-10(14(20)12(16)8-11)9-17-2-1-13(19)18-3-5-21-6-4-18/h7-8,17,20H,1-6,9H2. The van der Waals surface area contributed by atoms with Gasteiger partial charge in [0.2, 0.25) is 5.91 Å². The molecule has 0 radical (unpaired) electrons. The van der Waals surface area contributed by atoms with Gasteiger partial charge in [0, 0.05) is 43.2 Å². The quantitative estimate of drug-likeness (QED) is 0.810. The van der Waals surface area contributed by atoms with Gasteiger partial charge in [0.1, 0.15) is 5.75 Å². The molecule has 21 heavy (non-hydrogen) atoms. The van der Waals surface area contributed by atoms with Crippen LogP contribution in [0.4, 0.5) is 0 Å². The number of nitrogens with zero attached hydrogens (tertiary/aromatic N) is 1. The minimum Gasteiger partial charge on any atom is -0.506 e. The number of phenols is 1. The van der Waals surface area contributed by atoms with Crippen molar-refractivity contribution in [1.29, 1.82) is 0 Å². The van der Waals surface area contributed by atoms with Gasteiger partial charge >= 0.3 is 0 Å². The lowest BCUT2D eigenvalue weighted by Gasteiger charge is -2.26. The molecule has 116 valence electrons. The second kappa shape index (κ2) is 7.84. The number of amides is 1. The van der Waals surface area contributed by atoms with E-state index in [2.05, 4.69) is 5.32 Å². The summed E-state index contributed by atoms with van der Waals surface area (Å²) in [6, 6.07) is 3.14. The minimum atomic E-state index is 0.0214. The second-order valence-corrected chi connectivity index (χ2v) is 5.66. The van der Waals surface area contributed by atoms with Gasteiger partial charge in [0.05, 0.1) is 18.2 Å². The molecule has 0 aromatic heterocycles. The molecule has 1 aromatic carbocycles. The number of phenolic OH excluding ortho intramolecular Hbond substituents is 1. The first-order valence-electron chi connectivity index (χ1n) is 6.81. The second-order valence-electron chi connectivity index (χ2n) is 4.82. The number of carbonyl (C=O) groups is 1. The molecule has 2 rings (SSSR count). The number of aromatic hydroxyl groups is 1. The van der Waals surface area contributed by atoms with E-state index in [0.29, 0.717) is 56.4 Å². The van der Waals surface area contributed by atoms with Crippen molar-refractivity contribution in [3.8, 4) is 5.75 Å². The van der Waals surface area contributed by atoms with Gasteiger partial charge in [-0.1, -0.05) is 23.2 Å². The Balaban J connectivity index is 1.75. The fourth-order valence-electron chi connectivity index (χ4n) is 2.14. The number of carbonyl (C=O) groups excluding carboxylic acids is 1. The summed E-state index contributed by atoms with van der Waals surface area (Å²) in [5, 5.41) is 13.6. The summed E-state index contributed by atoms with van der Waals surface area (Å²) in [7, 11) is 0. The molecular weight excluding hydrogens is 315 g/mol. The van der Waals surface area contributed by atoms with Crippen molar-refractivity contribution in [2.45, 2.75) is 13.0 Å². The van der Waals surface area contributed by atoms with E-state index >= 15 is 0 Å². The number of halogens is 2. The van der Waals surface area contributed by atoms with Gasteiger partial charge in [-0.2, -0.15) is 0 Å². The maximum Gasteiger partial charge on any atom is 0.224 e. The van der Waals surface area contributed by atoms with Gasteiger partial charge in [0.25, 0.3) is 0 Å². The zero-order valence-corrected chi connectivity index (χ0v) is 13.1. The Bertz CT molecular complexity index is 505. The third-order valence-corrected chi connectivity index (χ3v) is 3.81. The van der Waals surface area contributed by atoms with Crippen LogP contribution in [0.2, 0.25) is 10.0 Å². The lowest BCUT2D eigenvalue weighted by molar-refractivity contribution is -0.135. The molecule has 1 heterocycles. The predicted octanol–water partition coefficient (Wildman–Crippen LogP) is 2.04. The van der Waals surface area contributed by atoms with Crippen LogP contribution in [0.3, 0.4) is 0 Å². The smallest absolute Gasteiger partial charge is 0.224 e. The summed E-state index contributed by atoms with van der Waals surface area (Å²) < 4.78 is 5.21. The molecule has 0 spiro atoms. The topological polar surface area (TPSA) is 61.8 Å². The highest BCUT2D eigenvalue weighted by Gasteiger charge is 2.16. The molecule has 0 aliphatic carbocycles. The normalized spacial score (nSPS) is 15.2. The van der Waals surface area contributed by atoms with E-state index in [1.165, 1.54) is 6.07 Å². The first-order chi connectivity index (χ1) is 10.1. The van der Waals surface area contributed by atoms with Gasteiger partial charge in [0.15, 0.2) is 0 Å². The van der Waals surface area contributed by atoms with E-state index in [1.807, 2.05) is 0 Å². The van der Waals surface area contributed by atoms with Crippen LogP contribution in [0.1, 0.15) is 12.0 Å². The summed E-state index contributed by atoms with van der Waals surface area (Å²) >= 11 is 11.7. The number of morpholine rings is 1. The summed E-state index contributed by atoms with van der Waals surface area (Å²) in [5.41, 5.74) is 0.617. The Morgan fingerprint density at radius 1 is 1.33 bits per heavy atom. The van der Waals surface area contributed by atoms with Crippen LogP contribution in [0.5, 0.6) is 5.75 Å². The molecule has 7 heteroatoms. The lowest BCUT2D eigenvalue weighted by Crippen LogP contribution is -2.41. The van der Waals surface area contributed by atoms with Crippen LogP contribution in [0, 0.1) is 0 Å². The van der Waals surface area contributed by atoms with Crippen molar-refractivity contribution in [2.24, 2.45) is 0 Å². The van der Waals surface area contributed by atoms with E-state index in [0.717, 1.165) is 0 Å². The third kappa shape index (κ3) is 4.74. The van der Waals surface area contributed by atoms with Crippen LogP contribution in [-0.2, 0) is 16.1 Å². The summed E-state index contributed by atoms with van der Waals surface area (Å²) in [6.45, 7) is 3.46. The molecule has 1 fully saturated rings. The van der Waals surface area contributed by atoms with Gasteiger partial charge < -0.3 is 20.1 Å². The molecule has 0 bridgehead atoms. The van der Waals surface area contributed by atoms with Crippen molar-refractivity contribution in [3.63, 3.8) is 0 Å². The highest BCUT2D eigenvalue weighted by atomic mass is 35.5. The van der Waals surface area contributed by atoms with Crippen LogP contribution in [0.25, 0.3) is 0 Å². The fourth-order valence-corrected chi connectivity index (χ4v) is 2.68. The average Bonchev–Trinajstić information content (AvgIpc) is 2.49. The molecule has 1 aliphatic rings. The van der Waals surface area contributed by atoms with Crippen LogP contribution >= 0.6 is 23.2 Å². The average molecular weight is 333 g/mol. The van der Waals surface area contributed by atoms with Crippen LogP contribution < -0.4 is 5.32 Å². The van der Waals surface area contributed by atoms with Crippen LogP contribution in [0.15, 0.2) is 12.1 Å². The molecule has 0 atom stereocenters. The Morgan fingerprint density at radius 3 is 2.76 bits per heavy atom. The Morgan fingerprint density at radius 2 is 2.05 bits per heavy atom. The molecular formula is C14H18Cl2N2O3. The van der Waals surface area contributed by atoms with Crippen molar-refractivity contribution >= 4 is 29.1 Å². The molecule has 5 nitrogen and oxygen atoms in total. The molecule has 0 unspecified atom stereocenters. The monoisotopic (exact) mass is 332 g/mol. The molecule has 1 aromatic rings. The summed E-state index contributed by atoms with van der Waals surface area (Å²) in [5.74, 6) is 0.132. The first-order valence-corrected chi connectivity index (χ1v) is 7.56. The molecule has 2 N–H and O–H groups in total. The van der Waals surface area contributed by atoms with Gasteiger partial charge in [-0.15, -0.1) is 0 Å². The van der Waals surface area contributed by atoms with Crippen molar-refractivity contribution in [1.82, 2.24) is 10.2 Å². The van der Waals surface area contributed by atoms with Crippen molar-refractivity contribution in [3.05, 3.63) is 27.7 Å². The summed E-state index contributed by atoms with van der Waals surface area (Å²) in [4.78, 5) is 13.7. The maximum atomic E-state index is 11.9. The number of benzene rings is 1. The number of hydrogen-bond donors (Lipinski definition) is 2. The Hall–Kier alpha value is -1.01. The largest absolute Gasteiger partial charge is 0.506 e. The van der Waals surface area contributed by atoms with Crippen molar-refractivity contribution in [2.75, 3.05) is 32.8 Å². The molecule has 0 saturated carbocycles.